The standard InChI is InChI=1S/C16H15NO3/c1-11-15(16(18)17-12-7-3-2-4-8-12)20-14-10-6-5-9-13(14)19-11/h2-11,15H,1H3,(H,17,18)/t11-,15-/m1/s1. The molecule has 0 unspecified atom stereocenters. The van der Waals surface area contributed by atoms with Gasteiger partial charge in [0.05, 0.1) is 0 Å². The van der Waals surface area contributed by atoms with Crippen molar-refractivity contribution in [1.29, 1.82) is 0 Å². The molecule has 4 heteroatoms. The van der Waals surface area contributed by atoms with Crippen LogP contribution < -0.4 is 14.8 Å². The highest BCUT2D eigenvalue weighted by molar-refractivity contribution is 5.95. The van der Waals surface area contributed by atoms with Gasteiger partial charge in [0.15, 0.2) is 11.5 Å². The lowest BCUT2D eigenvalue weighted by Crippen LogP contribution is -2.46. The lowest BCUT2D eigenvalue weighted by atomic mass is 10.1. The Kier molecular flexibility index (Phi) is 3.29. The van der Waals surface area contributed by atoms with E-state index < -0.39 is 6.10 Å². The quantitative estimate of drug-likeness (QED) is 0.912. The molecule has 1 amide bonds. The van der Waals surface area contributed by atoms with Crippen LogP contribution in [0.1, 0.15) is 6.92 Å². The van der Waals surface area contributed by atoms with E-state index in [-0.39, 0.29) is 12.0 Å². The van der Waals surface area contributed by atoms with Crippen molar-refractivity contribution in [2.45, 2.75) is 19.1 Å². The normalized spacial score (nSPS) is 20.2. The van der Waals surface area contributed by atoms with E-state index in [9.17, 15) is 4.79 Å². The van der Waals surface area contributed by atoms with E-state index >= 15 is 0 Å². The van der Waals surface area contributed by atoms with Gasteiger partial charge in [0.2, 0.25) is 6.10 Å². The summed E-state index contributed by atoms with van der Waals surface area (Å²) in [5.74, 6) is 1.06. The van der Waals surface area contributed by atoms with Crippen LogP contribution in [-0.2, 0) is 4.79 Å². The third-order valence-corrected chi connectivity index (χ3v) is 3.14. The first-order valence-corrected chi connectivity index (χ1v) is 6.52. The maximum Gasteiger partial charge on any atom is 0.269 e. The van der Waals surface area contributed by atoms with Crippen molar-refractivity contribution >= 4 is 11.6 Å². The van der Waals surface area contributed by atoms with E-state index in [1.165, 1.54) is 0 Å². The highest BCUT2D eigenvalue weighted by Crippen LogP contribution is 2.33. The molecule has 1 N–H and O–H groups in total. The van der Waals surface area contributed by atoms with Crippen molar-refractivity contribution in [2.75, 3.05) is 5.32 Å². The van der Waals surface area contributed by atoms with Gasteiger partial charge >= 0.3 is 0 Å². The monoisotopic (exact) mass is 269 g/mol. The molecule has 2 aromatic carbocycles. The molecule has 0 radical (unpaired) electrons. The van der Waals surface area contributed by atoms with Crippen LogP contribution in [0.25, 0.3) is 0 Å². The number of fused-ring (bicyclic) bond motifs is 1. The number of amides is 1. The predicted octanol–water partition coefficient (Wildman–Crippen LogP) is 2.85. The molecule has 0 bridgehead atoms. The summed E-state index contributed by atoms with van der Waals surface area (Å²) in [7, 11) is 0. The Labute approximate surface area is 117 Å². The number of carbonyl (C=O) groups is 1. The first-order chi connectivity index (χ1) is 9.74. The molecule has 1 aliphatic rings. The largest absolute Gasteiger partial charge is 0.482 e. The second-order valence-corrected chi connectivity index (χ2v) is 4.66. The number of benzene rings is 2. The van der Waals surface area contributed by atoms with Gasteiger partial charge in [-0.05, 0) is 31.2 Å². The van der Waals surface area contributed by atoms with Crippen LogP contribution in [0, 0.1) is 0 Å². The Hall–Kier alpha value is -2.49. The molecule has 0 saturated carbocycles. The van der Waals surface area contributed by atoms with Gasteiger partial charge in [0, 0.05) is 5.69 Å². The molecule has 1 heterocycles. The summed E-state index contributed by atoms with van der Waals surface area (Å²) in [5.41, 5.74) is 0.743. The van der Waals surface area contributed by atoms with Crippen LogP contribution >= 0.6 is 0 Å². The number of anilines is 1. The van der Waals surface area contributed by atoms with Gasteiger partial charge in [-0.2, -0.15) is 0 Å². The zero-order chi connectivity index (χ0) is 13.9. The summed E-state index contributed by atoms with van der Waals surface area (Å²) in [5, 5.41) is 2.83. The van der Waals surface area contributed by atoms with Gasteiger partial charge in [-0.1, -0.05) is 30.3 Å². The molecule has 0 saturated heterocycles. The van der Waals surface area contributed by atoms with Crippen LogP contribution in [0.4, 0.5) is 5.69 Å². The van der Waals surface area contributed by atoms with E-state index in [4.69, 9.17) is 9.47 Å². The maximum atomic E-state index is 12.3. The Balaban J connectivity index is 1.76. The van der Waals surface area contributed by atoms with Crippen molar-refractivity contribution in [3.05, 3.63) is 54.6 Å². The number of nitrogens with one attached hydrogen (secondary N) is 1. The number of ether oxygens (including phenoxy) is 2. The van der Waals surface area contributed by atoms with Crippen molar-refractivity contribution in [2.24, 2.45) is 0 Å². The summed E-state index contributed by atoms with van der Waals surface area (Å²) < 4.78 is 11.5. The molecule has 2 aromatic rings. The number of hydrogen-bond donors (Lipinski definition) is 1. The third kappa shape index (κ3) is 2.45. The van der Waals surface area contributed by atoms with Gasteiger partial charge in [-0.15, -0.1) is 0 Å². The first kappa shape index (κ1) is 12.5. The smallest absolute Gasteiger partial charge is 0.269 e. The van der Waals surface area contributed by atoms with Crippen LogP contribution in [0.3, 0.4) is 0 Å². The molecule has 0 aliphatic carbocycles. The molecule has 0 fully saturated rings. The number of para-hydroxylation sites is 3. The topological polar surface area (TPSA) is 47.6 Å². The summed E-state index contributed by atoms with van der Waals surface area (Å²) in [4.78, 5) is 12.3. The van der Waals surface area contributed by atoms with E-state index in [1.807, 2.05) is 55.5 Å². The minimum absolute atomic E-state index is 0.210. The molecule has 2 atom stereocenters. The summed E-state index contributed by atoms with van der Waals surface area (Å²) in [6.07, 6.45) is -1.00. The van der Waals surface area contributed by atoms with E-state index in [2.05, 4.69) is 5.32 Å². The highest BCUT2D eigenvalue weighted by Gasteiger charge is 2.33. The fourth-order valence-electron chi connectivity index (χ4n) is 2.14. The second kappa shape index (κ2) is 5.25. The fourth-order valence-corrected chi connectivity index (χ4v) is 2.14. The molecular formula is C16H15NO3. The predicted molar refractivity (Wildman–Crippen MR) is 76.0 cm³/mol. The average molecular weight is 269 g/mol. The highest BCUT2D eigenvalue weighted by atomic mass is 16.6. The van der Waals surface area contributed by atoms with Crippen molar-refractivity contribution < 1.29 is 14.3 Å². The van der Waals surface area contributed by atoms with Crippen LogP contribution in [0.2, 0.25) is 0 Å². The maximum absolute atomic E-state index is 12.3. The van der Waals surface area contributed by atoms with E-state index in [1.54, 1.807) is 6.07 Å². The van der Waals surface area contributed by atoms with Crippen LogP contribution in [0.5, 0.6) is 11.5 Å². The SMILES string of the molecule is C[C@H]1Oc2ccccc2O[C@H]1C(=O)Nc1ccccc1. The Bertz CT molecular complexity index is 612. The van der Waals surface area contributed by atoms with Crippen molar-refractivity contribution in [1.82, 2.24) is 0 Å². The molecule has 3 rings (SSSR count). The average Bonchev–Trinajstić information content (AvgIpc) is 2.47. The third-order valence-electron chi connectivity index (χ3n) is 3.14. The van der Waals surface area contributed by atoms with Gasteiger partial charge in [-0.3, -0.25) is 4.79 Å². The first-order valence-electron chi connectivity index (χ1n) is 6.52. The second-order valence-electron chi connectivity index (χ2n) is 4.66. The van der Waals surface area contributed by atoms with Crippen LogP contribution in [-0.4, -0.2) is 18.1 Å². The number of rotatable bonds is 2. The minimum Gasteiger partial charge on any atom is -0.482 e. The van der Waals surface area contributed by atoms with Gasteiger partial charge in [0.1, 0.15) is 6.10 Å². The van der Waals surface area contributed by atoms with E-state index in [0.717, 1.165) is 5.69 Å². The number of carbonyl (C=O) groups excluding carboxylic acids is 1. The molecule has 0 spiro atoms. The lowest BCUT2D eigenvalue weighted by molar-refractivity contribution is -0.128. The van der Waals surface area contributed by atoms with Gasteiger partial charge < -0.3 is 14.8 Å². The van der Waals surface area contributed by atoms with Gasteiger partial charge in [0.25, 0.3) is 5.91 Å². The molecule has 4 nitrogen and oxygen atoms in total. The fraction of sp³-hybridized carbons (Fsp3) is 0.188. The Morgan fingerprint density at radius 3 is 2.25 bits per heavy atom. The van der Waals surface area contributed by atoms with Crippen molar-refractivity contribution in [3.8, 4) is 11.5 Å². The molecular weight excluding hydrogens is 254 g/mol. The summed E-state index contributed by atoms with van der Waals surface area (Å²) >= 11 is 0. The minimum atomic E-state index is -0.662. The van der Waals surface area contributed by atoms with E-state index in [0.29, 0.717) is 11.5 Å². The molecule has 1 aliphatic heterocycles. The van der Waals surface area contributed by atoms with Crippen LogP contribution in [0.15, 0.2) is 54.6 Å². The Morgan fingerprint density at radius 1 is 0.950 bits per heavy atom. The Morgan fingerprint density at radius 2 is 1.55 bits per heavy atom. The lowest BCUT2D eigenvalue weighted by Gasteiger charge is -2.30. The molecule has 0 aromatic heterocycles. The summed E-state index contributed by atoms with van der Waals surface area (Å²) in [6.45, 7) is 1.82. The summed E-state index contributed by atoms with van der Waals surface area (Å²) in [6, 6.07) is 16.7. The number of hydrogen-bond acceptors (Lipinski definition) is 3. The molecule has 20 heavy (non-hydrogen) atoms. The zero-order valence-corrected chi connectivity index (χ0v) is 11.1. The molecule has 102 valence electrons. The van der Waals surface area contributed by atoms with Gasteiger partial charge in [-0.25, -0.2) is 0 Å². The van der Waals surface area contributed by atoms with Crippen molar-refractivity contribution in [3.63, 3.8) is 0 Å². The zero-order valence-electron chi connectivity index (χ0n) is 11.1.